The molecule has 2 aromatic rings. The fourth-order valence-electron chi connectivity index (χ4n) is 3.83. The highest BCUT2D eigenvalue weighted by Crippen LogP contribution is 2.49. The number of nitro groups is 1. The number of non-ortho nitro benzene ring substituents is 1. The van der Waals surface area contributed by atoms with Gasteiger partial charge in [0.15, 0.2) is 0 Å². The van der Waals surface area contributed by atoms with E-state index in [0.717, 1.165) is 18.4 Å². The third-order valence-electron chi connectivity index (χ3n) is 5.70. The van der Waals surface area contributed by atoms with Gasteiger partial charge in [0.05, 0.1) is 15.2 Å². The molecule has 29 heavy (non-hydrogen) atoms. The number of carbonyl (C=O) groups is 1. The summed E-state index contributed by atoms with van der Waals surface area (Å²) in [7, 11) is -3.75. The Bertz CT molecular complexity index is 1030. The third kappa shape index (κ3) is 3.51. The Morgan fingerprint density at radius 2 is 1.52 bits per heavy atom. The van der Waals surface area contributed by atoms with Gasteiger partial charge in [0, 0.05) is 38.3 Å². The lowest BCUT2D eigenvalue weighted by Gasteiger charge is -2.36. The van der Waals surface area contributed by atoms with Gasteiger partial charge in [-0.1, -0.05) is 30.3 Å². The third-order valence-corrected chi connectivity index (χ3v) is 7.61. The lowest BCUT2D eigenvalue weighted by atomic mass is 9.94. The average molecular weight is 415 g/mol. The highest BCUT2D eigenvalue weighted by Gasteiger charge is 2.53. The van der Waals surface area contributed by atoms with Crippen LogP contribution in [0.15, 0.2) is 59.5 Å². The highest BCUT2D eigenvalue weighted by atomic mass is 32.2. The first-order valence-corrected chi connectivity index (χ1v) is 10.9. The van der Waals surface area contributed by atoms with Crippen LogP contribution < -0.4 is 0 Å². The largest absolute Gasteiger partial charge is 0.339 e. The molecule has 2 aliphatic rings. The zero-order valence-electron chi connectivity index (χ0n) is 15.7. The van der Waals surface area contributed by atoms with Gasteiger partial charge < -0.3 is 4.90 Å². The molecule has 4 rings (SSSR count). The van der Waals surface area contributed by atoms with Crippen LogP contribution >= 0.6 is 0 Å². The van der Waals surface area contributed by atoms with Crippen LogP contribution in [0.1, 0.15) is 18.4 Å². The van der Waals surface area contributed by atoms with Crippen LogP contribution in [0.5, 0.6) is 0 Å². The van der Waals surface area contributed by atoms with Crippen molar-refractivity contribution in [1.29, 1.82) is 0 Å². The van der Waals surface area contributed by atoms with Crippen LogP contribution in [0.3, 0.4) is 0 Å². The van der Waals surface area contributed by atoms with Crippen molar-refractivity contribution < 1.29 is 18.1 Å². The second kappa shape index (κ2) is 7.23. The normalized spacial score (nSPS) is 19.0. The molecule has 9 heteroatoms. The van der Waals surface area contributed by atoms with E-state index in [9.17, 15) is 23.3 Å². The summed E-state index contributed by atoms with van der Waals surface area (Å²) in [4.78, 5) is 25.1. The maximum Gasteiger partial charge on any atom is 0.269 e. The summed E-state index contributed by atoms with van der Waals surface area (Å²) in [6.07, 6.45) is 1.63. The molecule has 2 aromatic carbocycles. The topological polar surface area (TPSA) is 101 Å². The Morgan fingerprint density at radius 3 is 2.03 bits per heavy atom. The van der Waals surface area contributed by atoms with Gasteiger partial charge in [0.25, 0.3) is 5.69 Å². The van der Waals surface area contributed by atoms with Crippen LogP contribution in [-0.4, -0.2) is 54.6 Å². The summed E-state index contributed by atoms with van der Waals surface area (Å²) in [5.74, 6) is 0.0658. The fraction of sp³-hybridized carbons (Fsp3) is 0.350. The molecule has 1 saturated heterocycles. The average Bonchev–Trinajstić information content (AvgIpc) is 3.56. The van der Waals surface area contributed by atoms with Crippen LogP contribution in [0, 0.1) is 10.1 Å². The molecular formula is C20H21N3O5S. The van der Waals surface area contributed by atoms with E-state index in [1.165, 1.54) is 28.6 Å². The van der Waals surface area contributed by atoms with Gasteiger partial charge in [0.2, 0.25) is 15.9 Å². The summed E-state index contributed by atoms with van der Waals surface area (Å²) in [6.45, 7) is 1.07. The van der Waals surface area contributed by atoms with Crippen LogP contribution in [0.25, 0.3) is 0 Å². The summed E-state index contributed by atoms with van der Waals surface area (Å²) in [5.41, 5.74) is 0.404. The van der Waals surface area contributed by atoms with E-state index in [-0.39, 0.29) is 29.6 Å². The number of hydrogen-bond acceptors (Lipinski definition) is 5. The number of rotatable bonds is 5. The van der Waals surface area contributed by atoms with Crippen molar-refractivity contribution in [2.45, 2.75) is 23.2 Å². The zero-order valence-corrected chi connectivity index (χ0v) is 16.5. The van der Waals surface area contributed by atoms with E-state index in [0.29, 0.717) is 13.1 Å². The van der Waals surface area contributed by atoms with E-state index in [1.807, 2.05) is 30.3 Å². The second-order valence-corrected chi connectivity index (χ2v) is 9.33. The number of benzene rings is 2. The van der Waals surface area contributed by atoms with Gasteiger partial charge in [-0.2, -0.15) is 4.31 Å². The molecule has 0 unspecified atom stereocenters. The second-order valence-electron chi connectivity index (χ2n) is 7.40. The summed E-state index contributed by atoms with van der Waals surface area (Å²) < 4.78 is 27.0. The first kappa shape index (κ1) is 19.5. The van der Waals surface area contributed by atoms with Crippen molar-refractivity contribution in [3.63, 3.8) is 0 Å². The number of amides is 1. The highest BCUT2D eigenvalue weighted by molar-refractivity contribution is 7.89. The smallest absolute Gasteiger partial charge is 0.269 e. The van der Waals surface area contributed by atoms with Crippen molar-refractivity contribution in [3.05, 3.63) is 70.3 Å². The molecular weight excluding hydrogens is 394 g/mol. The Labute approximate surface area is 168 Å². The molecule has 0 bridgehead atoms. The van der Waals surface area contributed by atoms with Crippen molar-refractivity contribution in [1.82, 2.24) is 9.21 Å². The Balaban J connectivity index is 1.44. The molecule has 1 saturated carbocycles. The number of sulfonamides is 1. The SMILES string of the molecule is O=C(N1CCN(S(=O)(=O)c2ccc([N+](=O)[O-])cc2)CC1)C1(c2ccccc2)CC1. The minimum Gasteiger partial charge on any atom is -0.339 e. The molecule has 1 aliphatic heterocycles. The zero-order chi connectivity index (χ0) is 20.6. The van der Waals surface area contributed by atoms with Crippen molar-refractivity contribution in [2.24, 2.45) is 0 Å². The Hall–Kier alpha value is -2.78. The van der Waals surface area contributed by atoms with E-state index in [2.05, 4.69) is 0 Å². The standard InChI is InChI=1S/C20H21N3O5S/c24-19(20(10-11-20)16-4-2-1-3-5-16)21-12-14-22(15-13-21)29(27,28)18-8-6-17(7-9-18)23(25)26/h1-9H,10-15H2. The lowest BCUT2D eigenvalue weighted by Crippen LogP contribution is -2.52. The summed E-state index contributed by atoms with van der Waals surface area (Å²) in [5, 5.41) is 10.8. The fourth-order valence-corrected chi connectivity index (χ4v) is 5.25. The van der Waals surface area contributed by atoms with Crippen molar-refractivity contribution in [3.8, 4) is 0 Å². The number of carbonyl (C=O) groups excluding carboxylic acids is 1. The maximum absolute atomic E-state index is 13.1. The predicted octanol–water partition coefficient (Wildman–Crippen LogP) is 2.16. The first-order chi connectivity index (χ1) is 13.8. The molecule has 0 aromatic heterocycles. The van der Waals surface area contributed by atoms with E-state index >= 15 is 0 Å². The van der Waals surface area contributed by atoms with Gasteiger partial charge in [-0.25, -0.2) is 8.42 Å². The molecule has 0 atom stereocenters. The maximum atomic E-state index is 13.1. The van der Waals surface area contributed by atoms with Crippen LogP contribution in [0.4, 0.5) is 5.69 Å². The number of piperazine rings is 1. The molecule has 2 fully saturated rings. The molecule has 1 heterocycles. The van der Waals surface area contributed by atoms with E-state index in [1.54, 1.807) is 4.90 Å². The summed E-state index contributed by atoms with van der Waals surface area (Å²) >= 11 is 0. The minimum atomic E-state index is -3.75. The van der Waals surface area contributed by atoms with Gasteiger partial charge in [-0.05, 0) is 30.5 Å². The Kier molecular flexibility index (Phi) is 4.87. The Morgan fingerprint density at radius 1 is 0.931 bits per heavy atom. The summed E-state index contributed by atoms with van der Waals surface area (Å²) in [6, 6.07) is 14.6. The first-order valence-electron chi connectivity index (χ1n) is 9.44. The van der Waals surface area contributed by atoms with Crippen LogP contribution in [-0.2, 0) is 20.2 Å². The molecule has 8 nitrogen and oxygen atoms in total. The van der Waals surface area contributed by atoms with E-state index < -0.39 is 20.4 Å². The van der Waals surface area contributed by atoms with Crippen LogP contribution in [0.2, 0.25) is 0 Å². The molecule has 0 radical (unpaired) electrons. The van der Waals surface area contributed by atoms with Gasteiger partial charge in [-0.3, -0.25) is 14.9 Å². The number of nitrogens with zero attached hydrogens (tertiary/aromatic N) is 3. The van der Waals surface area contributed by atoms with Gasteiger partial charge in [-0.15, -0.1) is 0 Å². The quantitative estimate of drug-likeness (QED) is 0.550. The van der Waals surface area contributed by atoms with E-state index in [4.69, 9.17) is 0 Å². The van der Waals surface area contributed by atoms with Gasteiger partial charge in [0.1, 0.15) is 0 Å². The molecule has 1 amide bonds. The molecule has 1 aliphatic carbocycles. The van der Waals surface area contributed by atoms with Gasteiger partial charge >= 0.3 is 0 Å². The molecule has 152 valence electrons. The minimum absolute atomic E-state index is 0.0193. The lowest BCUT2D eigenvalue weighted by molar-refractivity contribution is -0.384. The number of hydrogen-bond donors (Lipinski definition) is 0. The monoisotopic (exact) mass is 415 g/mol. The van der Waals surface area contributed by atoms with Crippen molar-refractivity contribution in [2.75, 3.05) is 26.2 Å². The predicted molar refractivity (Wildman–Crippen MR) is 106 cm³/mol. The number of nitro benzene ring substituents is 1. The molecule has 0 N–H and O–H groups in total. The molecule has 0 spiro atoms. The van der Waals surface area contributed by atoms with Crippen molar-refractivity contribution >= 4 is 21.6 Å².